The third-order valence-corrected chi connectivity index (χ3v) is 8.01. The van der Waals surface area contributed by atoms with Gasteiger partial charge in [0.25, 0.3) is 5.56 Å². The Kier molecular flexibility index (Phi) is 6.83. The van der Waals surface area contributed by atoms with Gasteiger partial charge in [0, 0.05) is 22.4 Å². The van der Waals surface area contributed by atoms with E-state index in [0.29, 0.717) is 40.4 Å². The number of ether oxygens (including phenoxy) is 1. The van der Waals surface area contributed by atoms with Crippen LogP contribution in [0.1, 0.15) is 36.8 Å². The zero-order chi connectivity index (χ0) is 26.3. The van der Waals surface area contributed by atoms with Crippen LogP contribution in [0.25, 0.3) is 15.9 Å². The molecule has 1 aliphatic rings. The Balaban J connectivity index is 1.58. The van der Waals surface area contributed by atoms with Crippen molar-refractivity contribution >= 4 is 39.1 Å². The van der Waals surface area contributed by atoms with Crippen LogP contribution in [-0.4, -0.2) is 26.7 Å². The first-order valence-corrected chi connectivity index (χ1v) is 13.4. The van der Waals surface area contributed by atoms with Crippen molar-refractivity contribution in [1.82, 2.24) is 14.5 Å². The minimum absolute atomic E-state index is 0.131. The molecule has 0 unspecified atom stereocenters. The van der Waals surface area contributed by atoms with Crippen LogP contribution in [0.4, 0.5) is 0 Å². The summed E-state index contributed by atoms with van der Waals surface area (Å²) < 4.78 is 8.51. The molecule has 1 aliphatic heterocycles. The van der Waals surface area contributed by atoms with Crippen molar-refractivity contribution < 1.29 is 9.53 Å². The van der Waals surface area contributed by atoms with E-state index in [1.807, 2.05) is 51.1 Å². The molecular weight excluding hydrogens is 510 g/mol. The summed E-state index contributed by atoms with van der Waals surface area (Å²) in [5, 5.41) is 3.97. The van der Waals surface area contributed by atoms with E-state index in [1.54, 1.807) is 24.3 Å². The number of nitrogens with zero attached hydrogens (tertiary/aromatic N) is 2. The van der Waals surface area contributed by atoms with Crippen molar-refractivity contribution in [3.05, 3.63) is 96.5 Å². The molecule has 0 radical (unpaired) electrons. The summed E-state index contributed by atoms with van der Waals surface area (Å²) >= 11 is 7.40. The number of amides is 1. The minimum atomic E-state index is -0.565. The van der Waals surface area contributed by atoms with E-state index in [9.17, 15) is 14.4 Å². The zero-order valence-electron chi connectivity index (χ0n) is 20.9. The summed E-state index contributed by atoms with van der Waals surface area (Å²) in [5.41, 5.74) is 0.995. The third kappa shape index (κ3) is 5.14. The fraction of sp³-hybridized carbons (Fsp3) is 0.321. The van der Waals surface area contributed by atoms with Gasteiger partial charge in [0.15, 0.2) is 0 Å². The molecular formula is C28H28ClN3O4S. The maximum atomic E-state index is 13.8. The zero-order valence-corrected chi connectivity index (χ0v) is 22.5. The highest BCUT2D eigenvalue weighted by Crippen LogP contribution is 2.37. The lowest BCUT2D eigenvalue weighted by Gasteiger charge is -2.29. The lowest BCUT2D eigenvalue weighted by atomic mass is 9.94. The molecule has 37 heavy (non-hydrogen) atoms. The summed E-state index contributed by atoms with van der Waals surface area (Å²) in [6.45, 7) is 6.05. The van der Waals surface area contributed by atoms with Crippen molar-refractivity contribution in [1.29, 1.82) is 0 Å². The normalized spacial score (nSPS) is 15.4. The Hall–Kier alpha value is -3.20. The Morgan fingerprint density at radius 3 is 2.54 bits per heavy atom. The molecule has 0 saturated carbocycles. The molecule has 0 fully saturated rings. The number of carbonyl (C=O) groups is 1. The second-order valence-corrected chi connectivity index (χ2v) is 11.6. The molecule has 0 spiro atoms. The molecule has 3 heterocycles. The second-order valence-electron chi connectivity index (χ2n) is 10.1. The fourth-order valence-electron chi connectivity index (χ4n) is 4.80. The molecule has 0 bridgehead atoms. The standard InChI is InChI=1S/C28H28ClN3O4S/c1-17(13-18-7-5-4-6-8-18)30-23(33)15-31-26-24(21-14-28(2,3)36-16-22(21)37-26)25(34)32(27(31)35)20-11-9-19(29)10-12-20/h4-12,17H,13-16H2,1-3H3,(H,30,33)/t17-/m0/s1. The van der Waals surface area contributed by atoms with Gasteiger partial charge in [-0.3, -0.25) is 14.2 Å². The summed E-state index contributed by atoms with van der Waals surface area (Å²) in [7, 11) is 0. The quantitative estimate of drug-likeness (QED) is 0.393. The highest BCUT2D eigenvalue weighted by atomic mass is 35.5. The molecule has 1 N–H and O–H groups in total. The number of thiophene rings is 1. The Morgan fingerprint density at radius 1 is 1.14 bits per heavy atom. The van der Waals surface area contributed by atoms with Gasteiger partial charge >= 0.3 is 5.69 Å². The topological polar surface area (TPSA) is 82.3 Å². The molecule has 5 rings (SSSR count). The fourth-order valence-corrected chi connectivity index (χ4v) is 6.14. The van der Waals surface area contributed by atoms with Crippen molar-refractivity contribution in [2.75, 3.05) is 0 Å². The van der Waals surface area contributed by atoms with E-state index >= 15 is 0 Å². The average Bonchev–Trinajstić information content (AvgIpc) is 3.21. The monoisotopic (exact) mass is 537 g/mol. The van der Waals surface area contributed by atoms with E-state index in [4.69, 9.17) is 16.3 Å². The largest absolute Gasteiger partial charge is 0.370 e. The number of rotatable bonds is 6. The second kappa shape index (κ2) is 9.93. The van der Waals surface area contributed by atoms with Crippen LogP contribution in [0.3, 0.4) is 0 Å². The summed E-state index contributed by atoms with van der Waals surface area (Å²) in [6.07, 6.45) is 1.21. The van der Waals surface area contributed by atoms with Crippen molar-refractivity contribution in [3.63, 3.8) is 0 Å². The molecule has 0 saturated heterocycles. The number of fused-ring (bicyclic) bond motifs is 3. The lowest BCUT2D eigenvalue weighted by molar-refractivity contribution is -0.122. The van der Waals surface area contributed by atoms with E-state index < -0.39 is 16.9 Å². The minimum Gasteiger partial charge on any atom is -0.370 e. The number of aromatic nitrogens is 2. The summed E-state index contributed by atoms with van der Waals surface area (Å²) in [5.74, 6) is -0.295. The highest BCUT2D eigenvalue weighted by Gasteiger charge is 2.32. The van der Waals surface area contributed by atoms with Crippen LogP contribution < -0.4 is 16.6 Å². The van der Waals surface area contributed by atoms with Gasteiger partial charge in [0.2, 0.25) is 5.91 Å². The van der Waals surface area contributed by atoms with Gasteiger partial charge in [-0.25, -0.2) is 9.36 Å². The van der Waals surface area contributed by atoms with Gasteiger partial charge in [-0.05, 0) is 62.6 Å². The molecule has 1 atom stereocenters. The van der Waals surface area contributed by atoms with E-state index in [-0.39, 0.29) is 18.5 Å². The van der Waals surface area contributed by atoms with E-state index in [1.165, 1.54) is 15.9 Å². The molecule has 9 heteroatoms. The van der Waals surface area contributed by atoms with Crippen LogP contribution in [-0.2, 0) is 35.5 Å². The lowest BCUT2D eigenvalue weighted by Crippen LogP contribution is -2.43. The summed E-state index contributed by atoms with van der Waals surface area (Å²) in [4.78, 5) is 42.1. The Morgan fingerprint density at radius 2 is 1.84 bits per heavy atom. The molecule has 7 nitrogen and oxygen atoms in total. The number of benzene rings is 2. The van der Waals surface area contributed by atoms with Crippen LogP contribution in [0.15, 0.2) is 64.2 Å². The highest BCUT2D eigenvalue weighted by molar-refractivity contribution is 7.18. The average molecular weight is 538 g/mol. The Bertz CT molecular complexity index is 1590. The SMILES string of the molecule is C[C@@H](Cc1ccccc1)NC(=O)Cn1c(=O)n(-c2ccc(Cl)cc2)c(=O)c2c3c(sc21)COC(C)(C)C3. The molecule has 2 aromatic heterocycles. The Labute approximate surface area is 223 Å². The smallest absolute Gasteiger partial charge is 0.337 e. The molecule has 0 aliphatic carbocycles. The number of halogens is 1. The van der Waals surface area contributed by atoms with Crippen molar-refractivity contribution in [3.8, 4) is 5.69 Å². The predicted molar refractivity (Wildman–Crippen MR) is 147 cm³/mol. The first-order chi connectivity index (χ1) is 17.6. The van der Waals surface area contributed by atoms with Gasteiger partial charge in [0.1, 0.15) is 11.4 Å². The number of carbonyl (C=O) groups excluding carboxylic acids is 1. The molecule has 1 amide bonds. The molecule has 192 valence electrons. The van der Waals surface area contributed by atoms with Gasteiger partial charge < -0.3 is 10.1 Å². The number of hydrogen-bond donors (Lipinski definition) is 1. The van der Waals surface area contributed by atoms with E-state index in [2.05, 4.69) is 5.32 Å². The third-order valence-electron chi connectivity index (χ3n) is 6.53. The number of nitrogens with one attached hydrogen (secondary N) is 1. The first kappa shape index (κ1) is 25.4. The number of hydrogen-bond acceptors (Lipinski definition) is 5. The molecule has 2 aromatic carbocycles. The van der Waals surface area contributed by atoms with Gasteiger partial charge in [0.05, 0.1) is 23.3 Å². The summed E-state index contributed by atoms with van der Waals surface area (Å²) in [6, 6.07) is 16.3. The van der Waals surface area contributed by atoms with Gasteiger partial charge in [-0.1, -0.05) is 41.9 Å². The van der Waals surface area contributed by atoms with Crippen LogP contribution in [0.5, 0.6) is 0 Å². The van der Waals surface area contributed by atoms with Gasteiger partial charge in [-0.15, -0.1) is 11.3 Å². The van der Waals surface area contributed by atoms with Gasteiger partial charge in [-0.2, -0.15) is 0 Å². The van der Waals surface area contributed by atoms with Crippen LogP contribution in [0.2, 0.25) is 5.02 Å². The van der Waals surface area contributed by atoms with Crippen LogP contribution >= 0.6 is 22.9 Å². The van der Waals surface area contributed by atoms with Crippen molar-refractivity contribution in [2.45, 2.75) is 58.4 Å². The maximum absolute atomic E-state index is 13.8. The predicted octanol–water partition coefficient (Wildman–Crippen LogP) is 4.47. The first-order valence-electron chi connectivity index (χ1n) is 12.2. The maximum Gasteiger partial charge on any atom is 0.337 e. The van der Waals surface area contributed by atoms with E-state index in [0.717, 1.165) is 20.6 Å². The van der Waals surface area contributed by atoms with Crippen LogP contribution in [0, 0.1) is 0 Å². The molecule has 4 aromatic rings. The van der Waals surface area contributed by atoms with Crippen molar-refractivity contribution in [2.24, 2.45) is 0 Å².